The lowest BCUT2D eigenvalue weighted by molar-refractivity contribution is -0.132. The van der Waals surface area contributed by atoms with Crippen LogP contribution in [0.2, 0.25) is 0 Å². The summed E-state index contributed by atoms with van der Waals surface area (Å²) >= 11 is 0. The van der Waals surface area contributed by atoms with Crippen molar-refractivity contribution in [2.24, 2.45) is 5.92 Å². The standard InChI is InChI=1S/C26H33N3O4/c1-18(2)14-23(25(32)28-22(17-30)15-20-10-6-4-7-11-20)29-26(33)24(27-19(3)31)16-21-12-8-5-9-13-21/h4-13,17-18,22-24H,14-16H2,1-3H3,(H,27,31)(H,28,32)(H,29,33)/t22-,23-,24-/m0/s1. The molecule has 0 aromatic heterocycles. The molecule has 2 rings (SSSR count). The summed E-state index contributed by atoms with van der Waals surface area (Å²) in [6.07, 6.45) is 1.76. The van der Waals surface area contributed by atoms with E-state index in [1.165, 1.54) is 6.92 Å². The lowest BCUT2D eigenvalue weighted by Crippen LogP contribution is -2.56. The van der Waals surface area contributed by atoms with E-state index in [0.29, 0.717) is 25.5 Å². The first-order valence-electron chi connectivity index (χ1n) is 11.2. The normalized spacial score (nSPS) is 13.5. The van der Waals surface area contributed by atoms with Gasteiger partial charge in [-0.2, -0.15) is 0 Å². The van der Waals surface area contributed by atoms with E-state index in [-0.39, 0.29) is 11.8 Å². The minimum Gasteiger partial charge on any atom is -0.344 e. The minimum absolute atomic E-state index is 0.123. The van der Waals surface area contributed by atoms with Crippen molar-refractivity contribution in [2.45, 2.75) is 58.2 Å². The summed E-state index contributed by atoms with van der Waals surface area (Å²) in [4.78, 5) is 49.3. The molecule has 176 valence electrons. The van der Waals surface area contributed by atoms with E-state index in [0.717, 1.165) is 11.1 Å². The molecule has 7 heteroatoms. The van der Waals surface area contributed by atoms with Crippen molar-refractivity contribution < 1.29 is 19.2 Å². The van der Waals surface area contributed by atoms with Gasteiger partial charge >= 0.3 is 0 Å². The fourth-order valence-electron chi connectivity index (χ4n) is 3.56. The van der Waals surface area contributed by atoms with Crippen molar-refractivity contribution in [1.29, 1.82) is 0 Å². The molecular weight excluding hydrogens is 418 g/mol. The van der Waals surface area contributed by atoms with Crippen LogP contribution in [-0.2, 0) is 32.0 Å². The second-order valence-electron chi connectivity index (χ2n) is 8.57. The van der Waals surface area contributed by atoms with Crippen molar-refractivity contribution in [1.82, 2.24) is 16.0 Å². The lowest BCUT2D eigenvalue weighted by atomic mass is 10.00. The molecule has 0 radical (unpaired) electrons. The van der Waals surface area contributed by atoms with E-state index in [9.17, 15) is 19.2 Å². The van der Waals surface area contributed by atoms with Gasteiger partial charge in [0.2, 0.25) is 17.7 Å². The van der Waals surface area contributed by atoms with Gasteiger partial charge in [-0.15, -0.1) is 0 Å². The number of nitrogens with one attached hydrogen (secondary N) is 3. The van der Waals surface area contributed by atoms with E-state index in [2.05, 4.69) is 16.0 Å². The predicted octanol–water partition coefficient (Wildman–Crippen LogP) is 2.19. The highest BCUT2D eigenvalue weighted by molar-refractivity contribution is 5.92. The van der Waals surface area contributed by atoms with Crippen LogP contribution in [0.15, 0.2) is 60.7 Å². The van der Waals surface area contributed by atoms with Crippen molar-refractivity contribution >= 4 is 24.0 Å². The molecule has 33 heavy (non-hydrogen) atoms. The quantitative estimate of drug-likeness (QED) is 0.430. The van der Waals surface area contributed by atoms with Gasteiger partial charge in [0.05, 0.1) is 6.04 Å². The monoisotopic (exact) mass is 451 g/mol. The number of aldehydes is 1. The molecule has 2 aromatic carbocycles. The third-order valence-corrected chi connectivity index (χ3v) is 5.11. The van der Waals surface area contributed by atoms with E-state index in [4.69, 9.17) is 0 Å². The zero-order valence-electron chi connectivity index (χ0n) is 19.4. The molecule has 0 heterocycles. The highest BCUT2D eigenvalue weighted by Crippen LogP contribution is 2.09. The van der Waals surface area contributed by atoms with Crippen LogP contribution in [0.5, 0.6) is 0 Å². The summed E-state index contributed by atoms with van der Waals surface area (Å²) in [5.41, 5.74) is 1.81. The maximum absolute atomic E-state index is 13.1. The Kier molecular flexibility index (Phi) is 10.3. The van der Waals surface area contributed by atoms with Crippen LogP contribution in [0.3, 0.4) is 0 Å². The average molecular weight is 452 g/mol. The van der Waals surface area contributed by atoms with E-state index < -0.39 is 29.9 Å². The minimum atomic E-state index is -0.831. The SMILES string of the molecule is CC(=O)N[C@@H](Cc1ccccc1)C(=O)N[C@@H](CC(C)C)C(=O)N[C@H](C=O)Cc1ccccc1. The van der Waals surface area contributed by atoms with Crippen LogP contribution < -0.4 is 16.0 Å². The van der Waals surface area contributed by atoms with Gasteiger partial charge in [-0.05, 0) is 29.9 Å². The number of benzene rings is 2. The summed E-state index contributed by atoms with van der Waals surface area (Å²) in [6.45, 7) is 5.24. The van der Waals surface area contributed by atoms with Crippen LogP contribution in [-0.4, -0.2) is 42.1 Å². The summed E-state index contributed by atoms with van der Waals surface area (Å²) in [7, 11) is 0. The van der Waals surface area contributed by atoms with Gasteiger partial charge in [-0.25, -0.2) is 0 Å². The smallest absolute Gasteiger partial charge is 0.243 e. The van der Waals surface area contributed by atoms with Crippen molar-refractivity contribution in [3.05, 3.63) is 71.8 Å². The average Bonchev–Trinajstić information content (AvgIpc) is 2.78. The summed E-state index contributed by atoms with van der Waals surface area (Å²) in [6, 6.07) is 16.4. The molecule has 0 bridgehead atoms. The predicted molar refractivity (Wildman–Crippen MR) is 127 cm³/mol. The molecule has 0 saturated heterocycles. The Morgan fingerprint density at radius 1 is 0.758 bits per heavy atom. The molecule has 3 N–H and O–H groups in total. The molecule has 0 unspecified atom stereocenters. The highest BCUT2D eigenvalue weighted by atomic mass is 16.2. The Morgan fingerprint density at radius 3 is 1.76 bits per heavy atom. The third-order valence-electron chi connectivity index (χ3n) is 5.11. The molecule has 0 aliphatic heterocycles. The molecule has 7 nitrogen and oxygen atoms in total. The highest BCUT2D eigenvalue weighted by Gasteiger charge is 2.28. The van der Waals surface area contributed by atoms with Gasteiger partial charge in [0, 0.05) is 13.3 Å². The molecule has 0 aliphatic carbocycles. The van der Waals surface area contributed by atoms with Crippen LogP contribution >= 0.6 is 0 Å². The van der Waals surface area contributed by atoms with Crippen LogP contribution in [0, 0.1) is 5.92 Å². The van der Waals surface area contributed by atoms with Gasteiger partial charge in [0.15, 0.2) is 0 Å². The molecule has 3 amide bonds. The second kappa shape index (κ2) is 13.2. The fraction of sp³-hybridized carbons (Fsp3) is 0.385. The van der Waals surface area contributed by atoms with Crippen LogP contribution in [0.25, 0.3) is 0 Å². The first-order chi connectivity index (χ1) is 15.8. The molecule has 0 saturated carbocycles. The Bertz CT molecular complexity index is 916. The van der Waals surface area contributed by atoms with E-state index >= 15 is 0 Å². The molecule has 0 fully saturated rings. The van der Waals surface area contributed by atoms with Crippen LogP contribution in [0.1, 0.15) is 38.3 Å². The number of hydrogen-bond donors (Lipinski definition) is 3. The van der Waals surface area contributed by atoms with Crippen molar-refractivity contribution in [2.75, 3.05) is 0 Å². The Hall–Kier alpha value is -3.48. The maximum Gasteiger partial charge on any atom is 0.243 e. The van der Waals surface area contributed by atoms with Crippen LogP contribution in [0.4, 0.5) is 0 Å². The third kappa shape index (κ3) is 9.27. The second-order valence-corrected chi connectivity index (χ2v) is 8.57. The maximum atomic E-state index is 13.1. The zero-order valence-corrected chi connectivity index (χ0v) is 19.4. The molecular formula is C26H33N3O4. The Balaban J connectivity index is 2.10. The summed E-state index contributed by atoms with van der Waals surface area (Å²) < 4.78 is 0. The van der Waals surface area contributed by atoms with E-state index in [1.54, 1.807) is 0 Å². The first kappa shape index (κ1) is 25.8. The lowest BCUT2D eigenvalue weighted by Gasteiger charge is -2.25. The Labute approximate surface area is 195 Å². The topological polar surface area (TPSA) is 104 Å². The number of rotatable bonds is 12. The molecule has 2 aromatic rings. The van der Waals surface area contributed by atoms with Gasteiger partial charge in [0.25, 0.3) is 0 Å². The van der Waals surface area contributed by atoms with E-state index in [1.807, 2.05) is 74.5 Å². The van der Waals surface area contributed by atoms with Gasteiger partial charge in [-0.1, -0.05) is 74.5 Å². The van der Waals surface area contributed by atoms with Crippen molar-refractivity contribution in [3.8, 4) is 0 Å². The molecule has 0 aliphatic rings. The number of carbonyl (C=O) groups is 4. The number of carbonyl (C=O) groups excluding carboxylic acids is 4. The van der Waals surface area contributed by atoms with Gasteiger partial charge in [-0.3, -0.25) is 14.4 Å². The molecule has 3 atom stereocenters. The van der Waals surface area contributed by atoms with Gasteiger partial charge < -0.3 is 20.7 Å². The van der Waals surface area contributed by atoms with Crippen molar-refractivity contribution in [3.63, 3.8) is 0 Å². The fourth-order valence-corrected chi connectivity index (χ4v) is 3.56. The summed E-state index contributed by atoms with van der Waals surface area (Å²) in [5, 5.41) is 8.20. The Morgan fingerprint density at radius 2 is 1.27 bits per heavy atom. The summed E-state index contributed by atoms with van der Waals surface area (Å²) in [5.74, 6) is -1.08. The number of amides is 3. The number of hydrogen-bond acceptors (Lipinski definition) is 4. The molecule has 0 spiro atoms. The van der Waals surface area contributed by atoms with Gasteiger partial charge in [0.1, 0.15) is 18.4 Å². The first-order valence-corrected chi connectivity index (χ1v) is 11.2. The zero-order chi connectivity index (χ0) is 24.2. The largest absolute Gasteiger partial charge is 0.344 e.